The molecule has 0 aliphatic heterocycles. The van der Waals surface area contributed by atoms with Crippen LogP contribution in [0.2, 0.25) is 0 Å². The van der Waals surface area contributed by atoms with E-state index < -0.39 is 0 Å². The Morgan fingerprint density at radius 3 is 2.83 bits per heavy atom. The van der Waals surface area contributed by atoms with Gasteiger partial charge < -0.3 is 4.57 Å². The fraction of sp³-hybridized carbons (Fsp3) is 0.533. The van der Waals surface area contributed by atoms with E-state index in [0.29, 0.717) is 5.88 Å². The number of aryl methyl sites for hydroxylation is 1. The standard InChI is InChI=1S/C15H19ClN2/c1-11-5-4-8-13-15(11)18(14(9-16)17-13)10-12-6-2-3-7-12/h4-5,8,12H,2-3,6-7,9-10H2,1H3. The summed E-state index contributed by atoms with van der Waals surface area (Å²) in [5.41, 5.74) is 3.66. The van der Waals surface area contributed by atoms with Gasteiger partial charge in [0.25, 0.3) is 0 Å². The fourth-order valence-corrected chi connectivity index (χ4v) is 3.37. The van der Waals surface area contributed by atoms with Crippen molar-refractivity contribution in [3.05, 3.63) is 29.6 Å². The van der Waals surface area contributed by atoms with Crippen LogP contribution in [0.5, 0.6) is 0 Å². The van der Waals surface area contributed by atoms with Gasteiger partial charge in [-0.2, -0.15) is 0 Å². The summed E-state index contributed by atoms with van der Waals surface area (Å²) in [6.07, 6.45) is 5.47. The van der Waals surface area contributed by atoms with Crippen molar-refractivity contribution < 1.29 is 0 Å². The molecule has 2 aromatic rings. The van der Waals surface area contributed by atoms with Gasteiger partial charge >= 0.3 is 0 Å². The Labute approximate surface area is 113 Å². The van der Waals surface area contributed by atoms with E-state index in [-0.39, 0.29) is 0 Å². The van der Waals surface area contributed by atoms with Crippen molar-refractivity contribution >= 4 is 22.6 Å². The Bertz CT molecular complexity index is 553. The Balaban J connectivity index is 2.06. The molecule has 1 aromatic carbocycles. The van der Waals surface area contributed by atoms with Crippen molar-refractivity contribution in [1.82, 2.24) is 9.55 Å². The van der Waals surface area contributed by atoms with Gasteiger partial charge in [-0.25, -0.2) is 4.98 Å². The van der Waals surface area contributed by atoms with Crippen molar-refractivity contribution in [2.45, 2.75) is 45.0 Å². The number of rotatable bonds is 3. The number of halogens is 1. The summed E-state index contributed by atoms with van der Waals surface area (Å²) in [6, 6.07) is 6.32. The molecule has 0 radical (unpaired) electrons. The smallest absolute Gasteiger partial charge is 0.124 e. The molecule has 1 saturated carbocycles. The number of nitrogens with zero attached hydrogens (tertiary/aromatic N) is 2. The molecule has 0 spiro atoms. The van der Waals surface area contributed by atoms with E-state index in [4.69, 9.17) is 11.6 Å². The first kappa shape index (κ1) is 12.0. The molecular formula is C15H19ClN2. The van der Waals surface area contributed by atoms with Crippen LogP contribution in [-0.4, -0.2) is 9.55 Å². The summed E-state index contributed by atoms with van der Waals surface area (Å²) in [5.74, 6) is 2.33. The minimum atomic E-state index is 0.501. The maximum atomic E-state index is 6.06. The SMILES string of the molecule is Cc1cccc2nc(CCl)n(CC3CCCC3)c12. The monoisotopic (exact) mass is 262 g/mol. The average Bonchev–Trinajstić information content (AvgIpc) is 2.98. The molecule has 3 rings (SSSR count). The van der Waals surface area contributed by atoms with Gasteiger partial charge in [-0.3, -0.25) is 0 Å². The van der Waals surface area contributed by atoms with Crippen LogP contribution < -0.4 is 0 Å². The quantitative estimate of drug-likeness (QED) is 0.755. The molecule has 1 fully saturated rings. The van der Waals surface area contributed by atoms with Crippen LogP contribution in [0.4, 0.5) is 0 Å². The lowest BCUT2D eigenvalue weighted by molar-refractivity contribution is 0.457. The largest absolute Gasteiger partial charge is 0.326 e. The van der Waals surface area contributed by atoms with Crippen LogP contribution in [0.25, 0.3) is 11.0 Å². The van der Waals surface area contributed by atoms with Crippen molar-refractivity contribution in [1.29, 1.82) is 0 Å². The molecule has 3 heteroatoms. The molecule has 0 atom stereocenters. The third-order valence-corrected chi connectivity index (χ3v) is 4.32. The zero-order valence-corrected chi connectivity index (χ0v) is 11.6. The van der Waals surface area contributed by atoms with Crippen LogP contribution >= 0.6 is 11.6 Å². The summed E-state index contributed by atoms with van der Waals surface area (Å²) in [7, 11) is 0. The van der Waals surface area contributed by atoms with Gasteiger partial charge in [0.1, 0.15) is 5.82 Å². The zero-order valence-electron chi connectivity index (χ0n) is 10.8. The molecule has 1 aromatic heterocycles. The van der Waals surface area contributed by atoms with Gasteiger partial charge in [0, 0.05) is 6.54 Å². The Morgan fingerprint density at radius 2 is 2.11 bits per heavy atom. The third-order valence-electron chi connectivity index (χ3n) is 4.08. The second-order valence-corrected chi connectivity index (χ2v) is 5.63. The van der Waals surface area contributed by atoms with E-state index in [1.165, 1.54) is 36.8 Å². The van der Waals surface area contributed by atoms with E-state index >= 15 is 0 Å². The van der Waals surface area contributed by atoms with Crippen LogP contribution in [-0.2, 0) is 12.4 Å². The maximum Gasteiger partial charge on any atom is 0.124 e. The molecule has 0 unspecified atom stereocenters. The predicted octanol–water partition coefficient (Wildman–Crippen LogP) is 4.27. The number of fused-ring (bicyclic) bond motifs is 1. The van der Waals surface area contributed by atoms with Gasteiger partial charge in [-0.1, -0.05) is 25.0 Å². The number of hydrogen-bond donors (Lipinski definition) is 0. The predicted molar refractivity (Wildman–Crippen MR) is 76.0 cm³/mol. The highest BCUT2D eigenvalue weighted by Gasteiger charge is 2.19. The number of aromatic nitrogens is 2. The lowest BCUT2D eigenvalue weighted by Gasteiger charge is -2.14. The Hall–Kier alpha value is -1.02. The first-order chi connectivity index (χ1) is 8.79. The molecule has 18 heavy (non-hydrogen) atoms. The maximum absolute atomic E-state index is 6.06. The molecule has 96 valence electrons. The van der Waals surface area contributed by atoms with E-state index in [9.17, 15) is 0 Å². The average molecular weight is 263 g/mol. The summed E-state index contributed by atoms with van der Waals surface area (Å²) in [5, 5.41) is 0. The zero-order chi connectivity index (χ0) is 12.5. The lowest BCUT2D eigenvalue weighted by Crippen LogP contribution is -2.10. The van der Waals surface area contributed by atoms with E-state index in [1.807, 2.05) is 0 Å². The van der Waals surface area contributed by atoms with E-state index in [1.54, 1.807) is 0 Å². The number of para-hydroxylation sites is 1. The van der Waals surface area contributed by atoms with Crippen LogP contribution in [0.1, 0.15) is 37.1 Å². The molecule has 1 aliphatic rings. The first-order valence-corrected chi connectivity index (χ1v) is 7.33. The normalized spacial score (nSPS) is 16.8. The Morgan fingerprint density at radius 1 is 1.33 bits per heavy atom. The summed E-state index contributed by atoms with van der Waals surface area (Å²) in [6.45, 7) is 3.25. The third kappa shape index (κ3) is 2.03. The van der Waals surface area contributed by atoms with Gasteiger partial charge in [-0.05, 0) is 37.3 Å². The molecular weight excluding hydrogens is 244 g/mol. The molecule has 1 heterocycles. The number of hydrogen-bond acceptors (Lipinski definition) is 1. The molecule has 1 aliphatic carbocycles. The summed E-state index contributed by atoms with van der Waals surface area (Å²) in [4.78, 5) is 4.67. The van der Waals surface area contributed by atoms with Crippen molar-refractivity contribution in [2.24, 2.45) is 5.92 Å². The minimum Gasteiger partial charge on any atom is -0.326 e. The topological polar surface area (TPSA) is 17.8 Å². The highest BCUT2D eigenvalue weighted by molar-refractivity contribution is 6.16. The number of benzene rings is 1. The molecule has 0 saturated heterocycles. The van der Waals surface area contributed by atoms with Crippen molar-refractivity contribution in [3.8, 4) is 0 Å². The van der Waals surface area contributed by atoms with Crippen molar-refractivity contribution in [2.75, 3.05) is 0 Å². The number of alkyl halides is 1. The highest BCUT2D eigenvalue weighted by Crippen LogP contribution is 2.29. The van der Waals surface area contributed by atoms with E-state index in [2.05, 4.69) is 34.7 Å². The molecule has 2 nitrogen and oxygen atoms in total. The Kier molecular flexibility index (Phi) is 3.29. The molecule has 0 N–H and O–H groups in total. The van der Waals surface area contributed by atoms with Gasteiger partial charge in [-0.15, -0.1) is 11.6 Å². The number of imidazole rings is 1. The van der Waals surface area contributed by atoms with Gasteiger partial charge in [0.15, 0.2) is 0 Å². The fourth-order valence-electron chi connectivity index (χ4n) is 3.16. The first-order valence-electron chi connectivity index (χ1n) is 6.80. The second-order valence-electron chi connectivity index (χ2n) is 5.37. The minimum absolute atomic E-state index is 0.501. The van der Waals surface area contributed by atoms with Gasteiger partial charge in [0.05, 0.1) is 16.9 Å². The van der Waals surface area contributed by atoms with Gasteiger partial charge in [0.2, 0.25) is 0 Å². The van der Waals surface area contributed by atoms with Crippen LogP contribution in [0.15, 0.2) is 18.2 Å². The summed E-state index contributed by atoms with van der Waals surface area (Å²) < 4.78 is 2.35. The second kappa shape index (κ2) is 4.93. The van der Waals surface area contributed by atoms with Crippen molar-refractivity contribution in [3.63, 3.8) is 0 Å². The molecule has 0 bridgehead atoms. The summed E-state index contributed by atoms with van der Waals surface area (Å²) >= 11 is 6.06. The van der Waals surface area contributed by atoms with Crippen LogP contribution in [0.3, 0.4) is 0 Å². The molecule has 0 amide bonds. The lowest BCUT2D eigenvalue weighted by atomic mass is 10.1. The van der Waals surface area contributed by atoms with E-state index in [0.717, 1.165) is 23.8 Å². The van der Waals surface area contributed by atoms with Crippen LogP contribution in [0, 0.1) is 12.8 Å². The highest BCUT2D eigenvalue weighted by atomic mass is 35.5.